The van der Waals surface area contributed by atoms with Gasteiger partial charge in [0.2, 0.25) is 0 Å². The molecule has 0 radical (unpaired) electrons. The summed E-state index contributed by atoms with van der Waals surface area (Å²) in [6.45, 7) is 4.74. The highest BCUT2D eigenvalue weighted by Gasteiger charge is 2.35. The van der Waals surface area contributed by atoms with Crippen LogP contribution in [0.2, 0.25) is 0 Å². The molecule has 4 aromatic carbocycles. The molecule has 0 spiro atoms. The molecular weight excluding hydrogens is 658 g/mol. The molecule has 0 saturated carbocycles. The molecule has 8 heteroatoms. The molecule has 0 aliphatic carbocycles. The maximum absolute atomic E-state index is 13.2. The fourth-order valence-electron chi connectivity index (χ4n) is 6.82. The van der Waals surface area contributed by atoms with Gasteiger partial charge >= 0.3 is 0 Å². The third-order valence-corrected chi connectivity index (χ3v) is 10.4. The first-order valence-corrected chi connectivity index (χ1v) is 17.5. The molecule has 1 saturated heterocycles. The lowest BCUT2D eigenvalue weighted by Crippen LogP contribution is -2.37. The molecule has 234 valence electrons. The van der Waals surface area contributed by atoms with Crippen LogP contribution in [0.15, 0.2) is 99.3 Å². The molecule has 46 heavy (non-hydrogen) atoms. The summed E-state index contributed by atoms with van der Waals surface area (Å²) in [5, 5.41) is 3.59. The monoisotopic (exact) mass is 693 g/mol. The summed E-state index contributed by atoms with van der Waals surface area (Å²) in [5.74, 6) is 1.69. The maximum Gasteiger partial charge on any atom is 0.264 e. The number of hydrogen-bond donors (Lipinski definition) is 1. The highest BCUT2D eigenvalue weighted by atomic mass is 79.9. The zero-order valence-corrected chi connectivity index (χ0v) is 28.4. The summed E-state index contributed by atoms with van der Waals surface area (Å²) < 4.78 is 12.3. The number of amidine groups is 1. The van der Waals surface area contributed by atoms with Crippen molar-refractivity contribution in [2.24, 2.45) is 4.99 Å². The summed E-state index contributed by atoms with van der Waals surface area (Å²) in [6.07, 6.45) is 4.88. The number of hydrogen-bond acceptors (Lipinski definition) is 6. The Morgan fingerprint density at radius 1 is 0.957 bits per heavy atom. The Labute approximate surface area is 283 Å². The van der Waals surface area contributed by atoms with Crippen molar-refractivity contribution in [1.82, 2.24) is 5.32 Å². The first-order valence-electron chi connectivity index (χ1n) is 15.8. The van der Waals surface area contributed by atoms with E-state index >= 15 is 0 Å². The van der Waals surface area contributed by atoms with E-state index in [2.05, 4.69) is 106 Å². The minimum absolute atomic E-state index is 0.167. The van der Waals surface area contributed by atoms with E-state index in [-0.39, 0.29) is 5.91 Å². The lowest BCUT2D eigenvalue weighted by atomic mass is 9.76. The lowest BCUT2D eigenvalue weighted by Gasteiger charge is -2.43. The minimum Gasteiger partial charge on any atom is -0.493 e. The predicted octanol–water partition coefficient (Wildman–Crippen LogP) is 9.02. The average molecular weight is 695 g/mol. The smallest absolute Gasteiger partial charge is 0.264 e. The van der Waals surface area contributed by atoms with Crippen LogP contribution < -0.4 is 19.7 Å². The summed E-state index contributed by atoms with van der Waals surface area (Å²) in [4.78, 5) is 21.4. The second kappa shape index (κ2) is 13.4. The van der Waals surface area contributed by atoms with Gasteiger partial charge in [-0.1, -0.05) is 67.6 Å². The number of nitrogens with one attached hydrogen (secondary N) is 1. The van der Waals surface area contributed by atoms with Gasteiger partial charge in [0.15, 0.2) is 16.7 Å². The van der Waals surface area contributed by atoms with Crippen molar-refractivity contribution in [3.63, 3.8) is 0 Å². The second-order valence-electron chi connectivity index (χ2n) is 11.8. The van der Waals surface area contributed by atoms with Crippen molar-refractivity contribution < 1.29 is 14.3 Å². The number of aliphatic imine (C=N–C) groups is 1. The number of carbonyl (C=O) groups excluding carboxylic acids is 1. The molecule has 0 bridgehead atoms. The predicted molar refractivity (Wildman–Crippen MR) is 192 cm³/mol. The van der Waals surface area contributed by atoms with Crippen molar-refractivity contribution in [2.45, 2.75) is 38.0 Å². The van der Waals surface area contributed by atoms with Gasteiger partial charge < -0.3 is 19.7 Å². The van der Waals surface area contributed by atoms with Gasteiger partial charge in [-0.2, -0.15) is 0 Å². The number of methoxy groups -OCH3 is 1. The van der Waals surface area contributed by atoms with E-state index in [1.807, 2.05) is 18.2 Å². The molecule has 3 heterocycles. The Kier molecular flexibility index (Phi) is 8.91. The van der Waals surface area contributed by atoms with Crippen LogP contribution >= 0.6 is 27.7 Å². The molecule has 4 aromatic rings. The van der Waals surface area contributed by atoms with Crippen LogP contribution in [0.3, 0.4) is 0 Å². The maximum atomic E-state index is 13.2. The van der Waals surface area contributed by atoms with Crippen LogP contribution in [0.4, 0.5) is 11.4 Å². The largest absolute Gasteiger partial charge is 0.493 e. The summed E-state index contributed by atoms with van der Waals surface area (Å²) in [7, 11) is 1.62. The number of rotatable bonds is 8. The first kappa shape index (κ1) is 30.6. The Balaban J connectivity index is 1.26. The summed E-state index contributed by atoms with van der Waals surface area (Å²) in [5.41, 5.74) is 8.37. The van der Waals surface area contributed by atoms with Crippen LogP contribution in [-0.4, -0.2) is 37.9 Å². The Hall–Kier alpha value is -4.01. The van der Waals surface area contributed by atoms with Gasteiger partial charge in [-0.15, -0.1) is 0 Å². The number of nitrogens with zero attached hydrogens (tertiary/aromatic N) is 2. The molecule has 0 unspecified atom stereocenters. The van der Waals surface area contributed by atoms with Crippen molar-refractivity contribution in [3.05, 3.63) is 122 Å². The van der Waals surface area contributed by atoms with Gasteiger partial charge in [-0.3, -0.25) is 4.79 Å². The molecule has 7 rings (SSSR count). The van der Waals surface area contributed by atoms with Crippen molar-refractivity contribution >= 4 is 56.2 Å². The highest BCUT2D eigenvalue weighted by molar-refractivity contribution is 9.10. The average Bonchev–Trinajstić information content (AvgIpc) is 3.42. The molecule has 1 N–H and O–H groups in total. The van der Waals surface area contributed by atoms with Gasteiger partial charge in [-0.25, -0.2) is 4.99 Å². The van der Waals surface area contributed by atoms with Crippen LogP contribution in [-0.2, 0) is 4.79 Å². The van der Waals surface area contributed by atoms with Gasteiger partial charge in [0.25, 0.3) is 5.91 Å². The van der Waals surface area contributed by atoms with E-state index < -0.39 is 0 Å². The third kappa shape index (κ3) is 6.08. The fraction of sp³-hybridized carbons (Fsp3) is 0.263. The second-order valence-corrected chi connectivity index (χ2v) is 13.7. The summed E-state index contributed by atoms with van der Waals surface area (Å²) in [6, 6.07) is 29.9. The fourth-order valence-corrected chi connectivity index (χ4v) is 8.24. The quantitative estimate of drug-likeness (QED) is 0.187. The van der Waals surface area contributed by atoms with Crippen LogP contribution in [0.1, 0.15) is 65.8 Å². The van der Waals surface area contributed by atoms with E-state index in [0.29, 0.717) is 40.0 Å². The molecule has 2 atom stereocenters. The summed E-state index contributed by atoms with van der Waals surface area (Å²) >= 11 is 4.97. The van der Waals surface area contributed by atoms with Crippen molar-refractivity contribution in [2.75, 3.05) is 31.7 Å². The molecule has 1 fully saturated rings. The van der Waals surface area contributed by atoms with Crippen LogP contribution in [0, 0.1) is 0 Å². The Morgan fingerprint density at radius 3 is 2.17 bits per heavy atom. The zero-order chi connectivity index (χ0) is 31.6. The van der Waals surface area contributed by atoms with Gasteiger partial charge in [0.05, 0.1) is 28.8 Å². The van der Waals surface area contributed by atoms with Gasteiger partial charge in [0.1, 0.15) is 0 Å². The van der Waals surface area contributed by atoms with E-state index in [0.717, 1.165) is 48.1 Å². The van der Waals surface area contributed by atoms with Gasteiger partial charge in [0, 0.05) is 30.6 Å². The molecule has 1 amide bonds. The highest BCUT2D eigenvalue weighted by Crippen LogP contribution is 2.50. The number of ether oxygens (including phenoxy) is 2. The minimum atomic E-state index is -0.167. The number of amides is 1. The Bertz CT molecular complexity index is 1750. The van der Waals surface area contributed by atoms with E-state index in [1.54, 1.807) is 7.11 Å². The van der Waals surface area contributed by atoms with E-state index in [9.17, 15) is 4.79 Å². The van der Waals surface area contributed by atoms with Crippen LogP contribution in [0.25, 0.3) is 6.08 Å². The van der Waals surface area contributed by atoms with Crippen molar-refractivity contribution in [1.29, 1.82) is 0 Å². The van der Waals surface area contributed by atoms with Crippen molar-refractivity contribution in [3.8, 4) is 11.5 Å². The Morgan fingerprint density at radius 2 is 1.59 bits per heavy atom. The number of halogens is 1. The lowest BCUT2D eigenvalue weighted by molar-refractivity contribution is -0.115. The number of benzene rings is 4. The molecule has 3 aliphatic heterocycles. The standard InChI is InChI=1S/C38H36BrN3O3S/c1-3-18-45-36-32(39)19-24(20-33(36)44-2)21-34-37(43)41-38(46-34)40-27-22-30-28(25-10-6-4-7-11-25)14-16-42-17-15-29(31(23-27)35(30)42)26-12-8-5-9-13-26/h4-13,19-23,28-29H,3,14-18H2,1-2H3,(H,40,41,43)/b34-21-/t28-,29+. The molecule has 6 nitrogen and oxygen atoms in total. The third-order valence-electron chi connectivity index (χ3n) is 8.88. The first-order chi connectivity index (χ1) is 22.5. The molecule has 0 aromatic heterocycles. The van der Waals surface area contributed by atoms with Crippen LogP contribution in [0.5, 0.6) is 11.5 Å². The molecule has 3 aliphatic rings. The number of thioether (sulfide) groups is 1. The number of anilines is 1. The zero-order valence-electron chi connectivity index (χ0n) is 26.0. The number of carbonyl (C=O) groups is 1. The molecular formula is C38H36BrN3O3S. The van der Waals surface area contributed by atoms with E-state index in [1.165, 1.54) is 39.7 Å². The normalized spacial score (nSPS) is 20.5. The van der Waals surface area contributed by atoms with Gasteiger partial charge in [-0.05, 0) is 105 Å². The topological polar surface area (TPSA) is 63.2 Å². The SMILES string of the molecule is CCCOc1c(Br)cc(/C=C2\SC(=Nc3cc4c5c(c3)[C@H](c3ccccc3)CCN5CC[C@@H]4c3ccccc3)NC2=O)cc1OC. The van der Waals surface area contributed by atoms with E-state index in [4.69, 9.17) is 14.5 Å².